The van der Waals surface area contributed by atoms with Gasteiger partial charge in [-0.1, -0.05) is 6.92 Å². The van der Waals surface area contributed by atoms with Gasteiger partial charge in [0.1, 0.15) is 0 Å². The molecule has 1 aromatic heterocycles. The van der Waals surface area contributed by atoms with Crippen LogP contribution in [0.4, 0.5) is 0 Å². The van der Waals surface area contributed by atoms with Crippen LogP contribution in [0.1, 0.15) is 25.5 Å². The summed E-state index contributed by atoms with van der Waals surface area (Å²) < 4.78 is 5.38. The van der Waals surface area contributed by atoms with Crippen LogP contribution in [0.5, 0.6) is 0 Å². The molecule has 1 N–H and O–H groups in total. The van der Waals surface area contributed by atoms with Crippen LogP contribution >= 0.6 is 0 Å². The molecule has 1 saturated heterocycles. The molecule has 4 nitrogen and oxygen atoms in total. The molecule has 0 saturated carbocycles. The first-order valence-electron chi connectivity index (χ1n) is 5.82. The van der Waals surface area contributed by atoms with Gasteiger partial charge in [-0.3, -0.25) is 9.97 Å². The monoisotopic (exact) mass is 221 g/mol. The van der Waals surface area contributed by atoms with Gasteiger partial charge in [-0.2, -0.15) is 0 Å². The fourth-order valence-corrected chi connectivity index (χ4v) is 1.95. The fraction of sp³-hybridized carbons (Fsp3) is 0.667. The Bertz CT molecular complexity index is 309. The average molecular weight is 221 g/mol. The topological polar surface area (TPSA) is 47.0 Å². The van der Waals surface area contributed by atoms with Gasteiger partial charge in [0, 0.05) is 44.9 Å². The van der Waals surface area contributed by atoms with Gasteiger partial charge < -0.3 is 10.1 Å². The van der Waals surface area contributed by atoms with E-state index < -0.39 is 0 Å². The molecule has 0 atom stereocenters. The van der Waals surface area contributed by atoms with E-state index in [0.717, 1.165) is 44.8 Å². The van der Waals surface area contributed by atoms with Gasteiger partial charge in [-0.05, 0) is 18.3 Å². The van der Waals surface area contributed by atoms with Crippen molar-refractivity contribution in [1.29, 1.82) is 0 Å². The van der Waals surface area contributed by atoms with Gasteiger partial charge in [0.05, 0.1) is 5.69 Å². The van der Waals surface area contributed by atoms with Gasteiger partial charge in [-0.15, -0.1) is 0 Å². The van der Waals surface area contributed by atoms with Crippen LogP contribution in [0, 0.1) is 5.41 Å². The summed E-state index contributed by atoms with van der Waals surface area (Å²) in [6.45, 7) is 5.92. The van der Waals surface area contributed by atoms with Crippen molar-refractivity contribution in [3.05, 3.63) is 24.3 Å². The molecule has 0 spiro atoms. The second kappa shape index (κ2) is 5.37. The molecule has 1 aliphatic heterocycles. The highest BCUT2D eigenvalue weighted by Crippen LogP contribution is 2.28. The summed E-state index contributed by atoms with van der Waals surface area (Å²) in [7, 11) is 0. The van der Waals surface area contributed by atoms with Crippen LogP contribution < -0.4 is 5.32 Å². The molecule has 4 heteroatoms. The smallest absolute Gasteiger partial charge is 0.0724 e. The maximum Gasteiger partial charge on any atom is 0.0724 e. The summed E-state index contributed by atoms with van der Waals surface area (Å²) in [5.41, 5.74) is 1.37. The highest BCUT2D eigenvalue weighted by Gasteiger charge is 2.26. The van der Waals surface area contributed by atoms with Crippen LogP contribution in [0.3, 0.4) is 0 Å². The number of nitrogens with one attached hydrogen (secondary N) is 1. The quantitative estimate of drug-likeness (QED) is 0.834. The Balaban J connectivity index is 1.75. The molecule has 2 heterocycles. The van der Waals surface area contributed by atoms with Crippen LogP contribution in [0.25, 0.3) is 0 Å². The maximum absolute atomic E-state index is 5.38. The molecule has 16 heavy (non-hydrogen) atoms. The number of nitrogens with zero attached hydrogens (tertiary/aromatic N) is 2. The third kappa shape index (κ3) is 3.25. The highest BCUT2D eigenvalue weighted by atomic mass is 16.5. The minimum atomic E-state index is 0.375. The van der Waals surface area contributed by atoms with Crippen molar-refractivity contribution in [2.75, 3.05) is 19.8 Å². The van der Waals surface area contributed by atoms with Gasteiger partial charge in [0.2, 0.25) is 0 Å². The molecule has 0 radical (unpaired) electrons. The average Bonchev–Trinajstić information content (AvgIpc) is 2.31. The normalized spacial score (nSPS) is 19.6. The molecular formula is C12H19N3O. The summed E-state index contributed by atoms with van der Waals surface area (Å²) >= 11 is 0. The summed E-state index contributed by atoms with van der Waals surface area (Å²) in [6.07, 6.45) is 7.51. The summed E-state index contributed by atoms with van der Waals surface area (Å²) in [5, 5.41) is 3.45. The molecule has 0 aliphatic carbocycles. The van der Waals surface area contributed by atoms with Crippen molar-refractivity contribution in [3.63, 3.8) is 0 Å². The first-order chi connectivity index (χ1) is 7.79. The van der Waals surface area contributed by atoms with E-state index in [4.69, 9.17) is 4.74 Å². The molecule has 1 aromatic rings. The number of aromatic nitrogens is 2. The molecular weight excluding hydrogens is 202 g/mol. The number of hydrogen-bond acceptors (Lipinski definition) is 4. The Kier molecular flexibility index (Phi) is 3.85. The Hall–Kier alpha value is -1.00. The molecule has 88 valence electrons. The van der Waals surface area contributed by atoms with Crippen molar-refractivity contribution in [1.82, 2.24) is 15.3 Å². The van der Waals surface area contributed by atoms with Crippen molar-refractivity contribution in [2.24, 2.45) is 5.41 Å². The Labute approximate surface area is 96.4 Å². The zero-order chi connectivity index (χ0) is 11.3. The molecule has 0 aromatic carbocycles. The van der Waals surface area contributed by atoms with Crippen LogP contribution in [-0.4, -0.2) is 29.7 Å². The van der Waals surface area contributed by atoms with Crippen molar-refractivity contribution in [3.8, 4) is 0 Å². The molecule has 0 bridgehead atoms. The molecule has 0 amide bonds. The lowest BCUT2D eigenvalue weighted by Crippen LogP contribution is -2.36. The third-order valence-electron chi connectivity index (χ3n) is 3.17. The van der Waals surface area contributed by atoms with E-state index in [1.165, 1.54) is 0 Å². The van der Waals surface area contributed by atoms with E-state index in [1.807, 2.05) is 0 Å². The lowest BCUT2D eigenvalue weighted by atomic mass is 9.82. The van der Waals surface area contributed by atoms with Crippen LogP contribution in [0.2, 0.25) is 0 Å². The third-order valence-corrected chi connectivity index (χ3v) is 3.17. The number of ether oxygens (including phenoxy) is 1. The second-order valence-electron chi connectivity index (χ2n) is 4.72. The molecule has 1 aliphatic rings. The molecule has 2 rings (SSSR count). The summed E-state index contributed by atoms with van der Waals surface area (Å²) in [5.74, 6) is 0. The SMILES string of the molecule is CC1(CNCc2cnccn2)CCOCC1. The van der Waals surface area contributed by atoms with Crippen molar-refractivity contribution < 1.29 is 4.74 Å². The number of hydrogen-bond donors (Lipinski definition) is 1. The first-order valence-corrected chi connectivity index (χ1v) is 5.82. The lowest BCUT2D eigenvalue weighted by molar-refractivity contribution is 0.0239. The second-order valence-corrected chi connectivity index (χ2v) is 4.72. The van der Waals surface area contributed by atoms with Gasteiger partial charge in [0.25, 0.3) is 0 Å². The van der Waals surface area contributed by atoms with Gasteiger partial charge in [0.15, 0.2) is 0 Å². The summed E-state index contributed by atoms with van der Waals surface area (Å²) in [4.78, 5) is 8.28. The number of rotatable bonds is 4. The van der Waals surface area contributed by atoms with Crippen molar-refractivity contribution in [2.45, 2.75) is 26.3 Å². The van der Waals surface area contributed by atoms with Crippen molar-refractivity contribution >= 4 is 0 Å². The lowest BCUT2D eigenvalue weighted by Gasteiger charge is -2.33. The maximum atomic E-state index is 5.38. The standard InChI is InChI=1S/C12H19N3O/c1-12(2-6-16-7-3-12)10-14-9-11-8-13-4-5-15-11/h4-5,8,14H,2-3,6-7,9-10H2,1H3. The zero-order valence-electron chi connectivity index (χ0n) is 9.78. The predicted molar refractivity (Wildman–Crippen MR) is 61.9 cm³/mol. The summed E-state index contributed by atoms with van der Waals surface area (Å²) in [6, 6.07) is 0. The Morgan fingerprint density at radius 1 is 1.38 bits per heavy atom. The van der Waals surface area contributed by atoms with Gasteiger partial charge >= 0.3 is 0 Å². The van der Waals surface area contributed by atoms with E-state index in [9.17, 15) is 0 Å². The van der Waals surface area contributed by atoms with Crippen LogP contribution in [0.15, 0.2) is 18.6 Å². The molecule has 1 fully saturated rings. The van der Waals surface area contributed by atoms with E-state index in [1.54, 1.807) is 18.6 Å². The van der Waals surface area contributed by atoms with Gasteiger partial charge in [-0.25, -0.2) is 0 Å². The van der Waals surface area contributed by atoms with Crippen LogP contribution in [-0.2, 0) is 11.3 Å². The fourth-order valence-electron chi connectivity index (χ4n) is 1.95. The predicted octanol–water partition coefficient (Wildman–Crippen LogP) is 1.38. The largest absolute Gasteiger partial charge is 0.381 e. The first kappa shape index (κ1) is 11.5. The Morgan fingerprint density at radius 2 is 2.19 bits per heavy atom. The minimum absolute atomic E-state index is 0.375. The van der Waals surface area contributed by atoms with E-state index in [2.05, 4.69) is 22.2 Å². The highest BCUT2D eigenvalue weighted by molar-refractivity contribution is 4.94. The zero-order valence-corrected chi connectivity index (χ0v) is 9.78. The minimum Gasteiger partial charge on any atom is -0.381 e. The van der Waals surface area contributed by atoms with E-state index in [-0.39, 0.29) is 0 Å². The molecule has 0 unspecified atom stereocenters. The Morgan fingerprint density at radius 3 is 2.88 bits per heavy atom. The van der Waals surface area contributed by atoms with E-state index >= 15 is 0 Å². The van der Waals surface area contributed by atoms with E-state index in [0.29, 0.717) is 5.41 Å².